The predicted octanol–water partition coefficient (Wildman–Crippen LogP) is 3.11. The lowest BCUT2D eigenvalue weighted by atomic mass is 10.4. The van der Waals surface area contributed by atoms with Crippen LogP contribution in [0.25, 0.3) is 10.2 Å². The number of thioether (sulfide) groups is 1. The number of rotatable bonds is 5. The van der Waals surface area contributed by atoms with Gasteiger partial charge in [-0.1, -0.05) is 5.16 Å². The summed E-state index contributed by atoms with van der Waals surface area (Å²) in [5, 5.41) is 9.32. The van der Waals surface area contributed by atoms with Crippen LogP contribution in [0.5, 0.6) is 0 Å². The van der Waals surface area contributed by atoms with E-state index in [1.807, 2.05) is 11.4 Å². The summed E-state index contributed by atoms with van der Waals surface area (Å²) in [6.07, 6.45) is 1.93. The predicted molar refractivity (Wildman–Crippen MR) is 82.6 cm³/mol. The Morgan fingerprint density at radius 3 is 3.19 bits per heavy atom. The Balaban J connectivity index is 1.54. The Labute approximate surface area is 129 Å². The zero-order valence-electron chi connectivity index (χ0n) is 11.2. The minimum atomic E-state index is -0.0905. The number of carbonyl (C=O) groups is 1. The number of carbonyl (C=O) groups excluding carboxylic acids is 1. The van der Waals surface area contributed by atoms with Gasteiger partial charge in [0.1, 0.15) is 17.1 Å². The van der Waals surface area contributed by atoms with Crippen molar-refractivity contribution in [1.82, 2.24) is 15.1 Å². The molecule has 0 aliphatic heterocycles. The van der Waals surface area contributed by atoms with Crippen LogP contribution in [0.1, 0.15) is 12.2 Å². The smallest absolute Gasteiger partial charge is 0.226 e. The number of hydrogen-bond acceptors (Lipinski definition) is 7. The first kappa shape index (κ1) is 14.0. The van der Waals surface area contributed by atoms with Crippen molar-refractivity contribution in [3.63, 3.8) is 0 Å². The highest BCUT2D eigenvalue weighted by molar-refractivity contribution is 7.99. The van der Waals surface area contributed by atoms with Crippen LogP contribution in [0.15, 0.2) is 33.4 Å². The number of aryl methyl sites for hydroxylation is 1. The van der Waals surface area contributed by atoms with Gasteiger partial charge in [0.05, 0.1) is 10.2 Å². The third-order valence-corrected chi connectivity index (χ3v) is 4.70. The minimum Gasteiger partial charge on any atom is -0.360 e. The number of amides is 1. The van der Waals surface area contributed by atoms with E-state index in [0.29, 0.717) is 23.8 Å². The second kappa shape index (κ2) is 6.23. The van der Waals surface area contributed by atoms with Gasteiger partial charge in [-0.05, 0) is 18.4 Å². The molecule has 21 heavy (non-hydrogen) atoms. The number of thiophene rings is 1. The van der Waals surface area contributed by atoms with E-state index in [4.69, 9.17) is 4.52 Å². The molecule has 8 heteroatoms. The van der Waals surface area contributed by atoms with E-state index in [1.165, 1.54) is 0 Å². The van der Waals surface area contributed by atoms with Crippen molar-refractivity contribution in [2.75, 3.05) is 11.1 Å². The molecule has 1 N–H and O–H groups in total. The van der Waals surface area contributed by atoms with Gasteiger partial charge in [-0.2, -0.15) is 0 Å². The highest BCUT2D eigenvalue weighted by atomic mass is 32.2. The van der Waals surface area contributed by atoms with Gasteiger partial charge in [0.25, 0.3) is 0 Å². The molecule has 108 valence electrons. The monoisotopic (exact) mass is 320 g/mol. The van der Waals surface area contributed by atoms with Crippen molar-refractivity contribution in [2.24, 2.45) is 0 Å². The van der Waals surface area contributed by atoms with Crippen molar-refractivity contribution in [3.8, 4) is 0 Å². The third kappa shape index (κ3) is 3.40. The normalized spacial score (nSPS) is 10.9. The van der Waals surface area contributed by atoms with Gasteiger partial charge in [0.2, 0.25) is 5.91 Å². The lowest BCUT2D eigenvalue weighted by Gasteiger charge is -2.02. The van der Waals surface area contributed by atoms with Gasteiger partial charge in [0, 0.05) is 18.2 Å². The van der Waals surface area contributed by atoms with Gasteiger partial charge >= 0.3 is 0 Å². The van der Waals surface area contributed by atoms with Gasteiger partial charge in [-0.15, -0.1) is 23.1 Å². The Morgan fingerprint density at radius 2 is 2.38 bits per heavy atom. The van der Waals surface area contributed by atoms with Crippen molar-refractivity contribution in [2.45, 2.75) is 18.4 Å². The summed E-state index contributed by atoms with van der Waals surface area (Å²) in [7, 11) is 0. The minimum absolute atomic E-state index is 0.0905. The first-order valence-electron chi connectivity index (χ1n) is 6.26. The first-order chi connectivity index (χ1) is 10.2. The topological polar surface area (TPSA) is 80.9 Å². The maximum absolute atomic E-state index is 11.8. The molecule has 1 amide bonds. The first-order valence-corrected chi connectivity index (χ1v) is 8.13. The van der Waals surface area contributed by atoms with Gasteiger partial charge in [0.15, 0.2) is 5.82 Å². The fraction of sp³-hybridized carbons (Fsp3) is 0.231. The quantitative estimate of drug-likeness (QED) is 0.574. The van der Waals surface area contributed by atoms with Crippen LogP contribution in [-0.4, -0.2) is 26.8 Å². The molecule has 0 bridgehead atoms. The van der Waals surface area contributed by atoms with Crippen molar-refractivity contribution < 1.29 is 9.32 Å². The SMILES string of the molecule is Cc1cc(NC(=O)CCSc2ncnc3ccsc23)no1. The van der Waals surface area contributed by atoms with E-state index < -0.39 is 0 Å². The molecule has 0 saturated carbocycles. The number of nitrogens with one attached hydrogen (secondary N) is 1. The molecule has 0 atom stereocenters. The summed E-state index contributed by atoms with van der Waals surface area (Å²) < 4.78 is 5.96. The van der Waals surface area contributed by atoms with E-state index in [0.717, 1.165) is 15.2 Å². The molecule has 0 aliphatic rings. The number of hydrogen-bond donors (Lipinski definition) is 1. The van der Waals surface area contributed by atoms with E-state index >= 15 is 0 Å². The summed E-state index contributed by atoms with van der Waals surface area (Å²) >= 11 is 3.16. The van der Waals surface area contributed by atoms with Gasteiger partial charge in [-0.3, -0.25) is 4.79 Å². The average Bonchev–Trinajstić information content (AvgIpc) is 3.08. The maximum Gasteiger partial charge on any atom is 0.226 e. The molecule has 0 aliphatic carbocycles. The van der Waals surface area contributed by atoms with Crippen LogP contribution < -0.4 is 5.32 Å². The van der Waals surface area contributed by atoms with E-state index in [-0.39, 0.29) is 5.91 Å². The molecule has 0 radical (unpaired) electrons. The third-order valence-electron chi connectivity index (χ3n) is 2.67. The van der Waals surface area contributed by atoms with Crippen molar-refractivity contribution in [3.05, 3.63) is 29.6 Å². The van der Waals surface area contributed by atoms with Crippen LogP contribution in [0, 0.1) is 6.92 Å². The summed E-state index contributed by atoms with van der Waals surface area (Å²) in [4.78, 5) is 20.2. The van der Waals surface area contributed by atoms with Crippen LogP contribution in [0.2, 0.25) is 0 Å². The molecule has 3 aromatic rings. The van der Waals surface area contributed by atoms with E-state index in [9.17, 15) is 4.79 Å². The van der Waals surface area contributed by atoms with Gasteiger partial charge in [-0.25, -0.2) is 9.97 Å². The summed E-state index contributed by atoms with van der Waals surface area (Å²) in [5.74, 6) is 1.67. The van der Waals surface area contributed by atoms with E-state index in [1.54, 1.807) is 42.4 Å². The lowest BCUT2D eigenvalue weighted by Crippen LogP contribution is -2.12. The Kier molecular flexibility index (Phi) is 4.16. The van der Waals surface area contributed by atoms with E-state index in [2.05, 4.69) is 20.4 Å². The van der Waals surface area contributed by atoms with Crippen LogP contribution in [0.3, 0.4) is 0 Å². The Hall–Kier alpha value is -1.93. The largest absolute Gasteiger partial charge is 0.360 e. The highest BCUT2D eigenvalue weighted by Gasteiger charge is 2.09. The zero-order valence-corrected chi connectivity index (χ0v) is 12.8. The number of anilines is 1. The molecule has 0 spiro atoms. The molecular weight excluding hydrogens is 308 g/mol. The second-order valence-corrected chi connectivity index (χ2v) is 6.28. The molecule has 0 unspecified atom stereocenters. The van der Waals surface area contributed by atoms with Crippen molar-refractivity contribution in [1.29, 1.82) is 0 Å². The van der Waals surface area contributed by atoms with Gasteiger partial charge < -0.3 is 9.84 Å². The zero-order chi connectivity index (χ0) is 14.7. The Bertz CT molecular complexity index is 768. The molecule has 6 nitrogen and oxygen atoms in total. The fourth-order valence-electron chi connectivity index (χ4n) is 1.74. The molecule has 0 saturated heterocycles. The molecule has 3 heterocycles. The average molecular weight is 320 g/mol. The lowest BCUT2D eigenvalue weighted by molar-refractivity contribution is -0.115. The van der Waals surface area contributed by atoms with Crippen LogP contribution in [-0.2, 0) is 4.79 Å². The summed E-state index contributed by atoms with van der Waals surface area (Å²) in [6, 6.07) is 3.65. The number of fused-ring (bicyclic) bond motifs is 1. The number of aromatic nitrogens is 3. The summed E-state index contributed by atoms with van der Waals surface area (Å²) in [5.41, 5.74) is 0.944. The Morgan fingerprint density at radius 1 is 1.48 bits per heavy atom. The fourth-order valence-corrected chi connectivity index (χ4v) is 3.63. The van der Waals surface area contributed by atoms with Crippen LogP contribution >= 0.6 is 23.1 Å². The molecule has 3 aromatic heterocycles. The second-order valence-electron chi connectivity index (χ2n) is 4.28. The van der Waals surface area contributed by atoms with Crippen LogP contribution in [0.4, 0.5) is 5.82 Å². The number of nitrogens with zero attached hydrogens (tertiary/aromatic N) is 3. The highest BCUT2D eigenvalue weighted by Crippen LogP contribution is 2.28. The summed E-state index contributed by atoms with van der Waals surface area (Å²) in [6.45, 7) is 1.78. The van der Waals surface area contributed by atoms with Crippen molar-refractivity contribution >= 4 is 45.0 Å². The molecular formula is C13H12N4O2S2. The molecule has 0 fully saturated rings. The molecule has 0 aromatic carbocycles. The molecule has 3 rings (SSSR count). The standard InChI is InChI=1S/C13H12N4O2S2/c1-8-6-10(17-19-8)16-11(18)3-5-21-13-12-9(2-4-20-12)14-7-15-13/h2,4,6-7H,3,5H2,1H3,(H,16,17,18). The maximum atomic E-state index is 11.8.